The van der Waals surface area contributed by atoms with E-state index < -0.39 is 5.97 Å². The number of carbonyl (C=O) groups is 1. The van der Waals surface area contributed by atoms with E-state index >= 15 is 0 Å². The van der Waals surface area contributed by atoms with Gasteiger partial charge in [0.1, 0.15) is 11.5 Å². The number of aliphatic carboxylic acids is 1. The van der Waals surface area contributed by atoms with Gasteiger partial charge in [0.2, 0.25) is 5.89 Å². The Balaban J connectivity index is 1.21. The number of hydrogen-bond acceptors (Lipinski definition) is 4. The summed E-state index contributed by atoms with van der Waals surface area (Å²) < 4.78 is 12.0. The minimum absolute atomic E-state index is 0.0921. The molecule has 0 saturated carbocycles. The van der Waals surface area contributed by atoms with Crippen molar-refractivity contribution >= 4 is 5.97 Å². The van der Waals surface area contributed by atoms with Gasteiger partial charge in [-0.3, -0.25) is 4.79 Å². The van der Waals surface area contributed by atoms with Crippen molar-refractivity contribution in [2.75, 3.05) is 6.61 Å². The van der Waals surface area contributed by atoms with Gasteiger partial charge in [-0.15, -0.1) is 0 Å². The molecule has 1 aliphatic carbocycles. The van der Waals surface area contributed by atoms with Crippen molar-refractivity contribution < 1.29 is 19.1 Å². The van der Waals surface area contributed by atoms with Gasteiger partial charge in [0, 0.05) is 12.0 Å². The summed E-state index contributed by atoms with van der Waals surface area (Å²) in [5, 5.41) is 9.56. The van der Waals surface area contributed by atoms with Crippen molar-refractivity contribution in [3.63, 3.8) is 0 Å². The first-order valence-corrected chi connectivity index (χ1v) is 12.6. The maximum absolute atomic E-state index is 11.6. The van der Waals surface area contributed by atoms with Crippen molar-refractivity contribution in [2.24, 2.45) is 5.92 Å². The third-order valence-corrected chi connectivity index (χ3v) is 7.22. The molecule has 4 aromatic rings. The minimum atomic E-state index is -0.704. The molecule has 3 aromatic carbocycles. The highest BCUT2D eigenvalue weighted by atomic mass is 16.5. The first-order chi connectivity index (χ1) is 17.5. The minimum Gasteiger partial charge on any atom is -0.493 e. The summed E-state index contributed by atoms with van der Waals surface area (Å²) in [6.07, 6.45) is 3.08. The van der Waals surface area contributed by atoms with E-state index in [0.29, 0.717) is 25.3 Å². The van der Waals surface area contributed by atoms with Crippen LogP contribution in [-0.2, 0) is 17.6 Å². The Bertz CT molecular complexity index is 1340. The lowest BCUT2D eigenvalue weighted by atomic mass is 9.85. The second-order valence-corrected chi connectivity index (χ2v) is 9.42. The van der Waals surface area contributed by atoms with Crippen LogP contribution >= 0.6 is 0 Å². The number of ether oxygens (including phenoxy) is 1. The monoisotopic (exact) mass is 481 g/mol. The SMILES string of the molecule is CCC(C(=O)O)C1CCc2cc(OCCc3nc(-c4ccc(-c5ccccc5)cc4)oc3C)ccc21. The molecule has 0 amide bonds. The Labute approximate surface area is 211 Å². The van der Waals surface area contributed by atoms with Gasteiger partial charge >= 0.3 is 5.97 Å². The molecule has 0 fully saturated rings. The summed E-state index contributed by atoms with van der Waals surface area (Å²) in [6.45, 7) is 4.38. The molecule has 5 rings (SSSR count). The highest BCUT2D eigenvalue weighted by molar-refractivity contribution is 5.72. The molecule has 5 heteroatoms. The third kappa shape index (κ3) is 4.92. The number of oxazole rings is 1. The molecule has 0 radical (unpaired) electrons. The maximum atomic E-state index is 11.6. The fourth-order valence-electron chi connectivity index (χ4n) is 5.25. The lowest BCUT2D eigenvalue weighted by Gasteiger charge is -2.19. The van der Waals surface area contributed by atoms with E-state index in [4.69, 9.17) is 14.1 Å². The van der Waals surface area contributed by atoms with Gasteiger partial charge in [-0.05, 0) is 78.6 Å². The van der Waals surface area contributed by atoms with Gasteiger partial charge in [0.25, 0.3) is 0 Å². The average Bonchev–Trinajstić information content (AvgIpc) is 3.48. The van der Waals surface area contributed by atoms with Crippen LogP contribution in [0.1, 0.15) is 48.3 Å². The molecule has 2 unspecified atom stereocenters. The molecular weight excluding hydrogens is 450 g/mol. The first-order valence-electron chi connectivity index (χ1n) is 12.6. The van der Waals surface area contributed by atoms with Crippen LogP contribution in [0.15, 0.2) is 77.2 Å². The van der Waals surface area contributed by atoms with Gasteiger partial charge in [0.05, 0.1) is 18.2 Å². The molecule has 36 heavy (non-hydrogen) atoms. The standard InChI is InChI=1S/C31H31NO4/c1-3-26(31(33)34)28-15-13-24-19-25(14-16-27(24)28)35-18-17-29-20(2)36-30(32-29)23-11-9-22(10-12-23)21-7-5-4-6-8-21/h4-12,14,16,19,26,28H,3,13,15,17-18H2,1-2H3,(H,33,34). The molecule has 0 saturated heterocycles. The van der Waals surface area contributed by atoms with Crippen LogP contribution in [-0.4, -0.2) is 22.7 Å². The molecular formula is C31H31NO4. The lowest BCUT2D eigenvalue weighted by Crippen LogP contribution is -2.19. The van der Waals surface area contributed by atoms with Gasteiger partial charge in [-0.1, -0.05) is 55.5 Å². The van der Waals surface area contributed by atoms with Crippen LogP contribution in [0.5, 0.6) is 5.75 Å². The van der Waals surface area contributed by atoms with E-state index in [0.717, 1.165) is 46.7 Å². The number of aromatic nitrogens is 1. The van der Waals surface area contributed by atoms with Crippen molar-refractivity contribution in [3.8, 4) is 28.3 Å². The summed E-state index contributed by atoms with van der Waals surface area (Å²) in [7, 11) is 0. The number of rotatable bonds is 9. The second kappa shape index (κ2) is 10.4. The molecule has 1 aromatic heterocycles. The molecule has 0 bridgehead atoms. The van der Waals surface area contributed by atoms with E-state index in [1.165, 1.54) is 11.1 Å². The van der Waals surface area contributed by atoms with Crippen LogP contribution < -0.4 is 4.74 Å². The molecule has 2 atom stereocenters. The molecule has 1 aliphatic rings. The van der Waals surface area contributed by atoms with E-state index in [2.05, 4.69) is 30.3 Å². The van der Waals surface area contributed by atoms with Gasteiger partial charge in [-0.2, -0.15) is 0 Å². The summed E-state index contributed by atoms with van der Waals surface area (Å²) in [5.41, 5.74) is 6.54. The van der Waals surface area contributed by atoms with Crippen molar-refractivity contribution in [1.29, 1.82) is 0 Å². The Morgan fingerprint density at radius 3 is 2.50 bits per heavy atom. The molecule has 1 heterocycles. The van der Waals surface area contributed by atoms with Crippen LogP contribution in [0.3, 0.4) is 0 Å². The zero-order valence-electron chi connectivity index (χ0n) is 20.7. The number of benzene rings is 3. The van der Waals surface area contributed by atoms with Gasteiger partial charge in [0.15, 0.2) is 0 Å². The Kier molecular flexibility index (Phi) is 6.90. The first kappa shape index (κ1) is 23.9. The molecule has 184 valence electrons. The highest BCUT2D eigenvalue weighted by Crippen LogP contribution is 2.41. The quantitative estimate of drug-likeness (QED) is 0.277. The second-order valence-electron chi connectivity index (χ2n) is 9.42. The zero-order chi connectivity index (χ0) is 25.1. The summed E-state index contributed by atoms with van der Waals surface area (Å²) >= 11 is 0. The number of carboxylic acids is 1. The summed E-state index contributed by atoms with van der Waals surface area (Å²) in [5.74, 6) is 1.30. The molecule has 5 nitrogen and oxygen atoms in total. The smallest absolute Gasteiger partial charge is 0.307 e. The van der Waals surface area contributed by atoms with Crippen LogP contribution in [0, 0.1) is 12.8 Å². The van der Waals surface area contributed by atoms with Crippen LogP contribution in [0.4, 0.5) is 0 Å². The van der Waals surface area contributed by atoms with Crippen LogP contribution in [0.25, 0.3) is 22.6 Å². The number of carboxylic acid groups (broad SMARTS) is 1. The predicted octanol–water partition coefficient (Wildman–Crippen LogP) is 7.08. The topological polar surface area (TPSA) is 72.6 Å². The summed E-state index contributed by atoms with van der Waals surface area (Å²) in [4.78, 5) is 16.4. The van der Waals surface area contributed by atoms with Crippen molar-refractivity contribution in [3.05, 3.63) is 95.4 Å². The molecule has 0 aliphatic heterocycles. The molecule has 0 spiro atoms. The average molecular weight is 482 g/mol. The van der Waals surface area contributed by atoms with Crippen molar-refractivity contribution in [1.82, 2.24) is 4.98 Å². The van der Waals surface area contributed by atoms with E-state index in [-0.39, 0.29) is 11.8 Å². The van der Waals surface area contributed by atoms with Crippen molar-refractivity contribution in [2.45, 2.75) is 45.4 Å². The third-order valence-electron chi connectivity index (χ3n) is 7.22. The normalized spacial score (nSPS) is 15.4. The van der Waals surface area contributed by atoms with E-state index in [1.807, 2.05) is 56.3 Å². The highest BCUT2D eigenvalue weighted by Gasteiger charge is 2.33. The molecule has 1 N–H and O–H groups in total. The lowest BCUT2D eigenvalue weighted by molar-refractivity contribution is -0.142. The van der Waals surface area contributed by atoms with Gasteiger partial charge < -0.3 is 14.3 Å². The number of hydrogen-bond donors (Lipinski definition) is 1. The Morgan fingerprint density at radius 1 is 1.06 bits per heavy atom. The predicted molar refractivity (Wildman–Crippen MR) is 140 cm³/mol. The Hall–Kier alpha value is -3.86. The maximum Gasteiger partial charge on any atom is 0.307 e. The summed E-state index contributed by atoms with van der Waals surface area (Å²) in [6, 6.07) is 24.6. The Morgan fingerprint density at radius 2 is 1.78 bits per heavy atom. The van der Waals surface area contributed by atoms with Gasteiger partial charge in [-0.25, -0.2) is 4.98 Å². The van der Waals surface area contributed by atoms with E-state index in [9.17, 15) is 9.90 Å². The number of nitrogens with zero attached hydrogens (tertiary/aromatic N) is 1. The van der Waals surface area contributed by atoms with E-state index in [1.54, 1.807) is 0 Å². The fraction of sp³-hybridized carbons (Fsp3) is 0.290. The number of aryl methyl sites for hydroxylation is 2. The fourth-order valence-corrected chi connectivity index (χ4v) is 5.25. The van der Waals surface area contributed by atoms with Crippen LogP contribution in [0.2, 0.25) is 0 Å². The number of fused-ring (bicyclic) bond motifs is 1. The largest absolute Gasteiger partial charge is 0.493 e. The zero-order valence-corrected chi connectivity index (χ0v) is 20.7.